The maximum absolute atomic E-state index is 13.0. The number of carbonyl (C=O) groups excluding carboxylic acids is 1. The molecule has 0 N–H and O–H groups in total. The Morgan fingerprint density at radius 2 is 2.23 bits per heavy atom. The van der Waals surface area contributed by atoms with Gasteiger partial charge in [-0.1, -0.05) is 6.07 Å². The molecule has 1 fully saturated rings. The van der Waals surface area contributed by atoms with Crippen molar-refractivity contribution in [1.29, 1.82) is 0 Å². The molecule has 1 aliphatic heterocycles. The van der Waals surface area contributed by atoms with Crippen LogP contribution in [0.1, 0.15) is 46.9 Å². The Kier molecular flexibility index (Phi) is 5.20. The van der Waals surface area contributed by atoms with Crippen molar-refractivity contribution in [3.05, 3.63) is 64.5 Å². The highest BCUT2D eigenvalue weighted by Gasteiger charge is 2.29. The Morgan fingerprint density at radius 3 is 3.04 bits per heavy atom. The summed E-state index contributed by atoms with van der Waals surface area (Å²) in [4.78, 5) is 16.4. The van der Waals surface area contributed by atoms with Crippen LogP contribution in [0, 0.1) is 0 Å². The fourth-order valence-corrected chi connectivity index (χ4v) is 4.33. The van der Waals surface area contributed by atoms with E-state index in [2.05, 4.69) is 22.6 Å². The smallest absolute Gasteiger partial charge is 0.289 e. The van der Waals surface area contributed by atoms with E-state index in [0.717, 1.165) is 38.0 Å². The lowest BCUT2D eigenvalue weighted by Crippen LogP contribution is -2.43. The van der Waals surface area contributed by atoms with Crippen LogP contribution in [0.25, 0.3) is 0 Å². The fourth-order valence-electron chi connectivity index (χ4n) is 3.60. The lowest BCUT2D eigenvalue weighted by molar-refractivity contribution is 0.0567. The molecule has 6 heteroatoms. The highest BCUT2D eigenvalue weighted by molar-refractivity contribution is 7.09. The molecule has 1 saturated heterocycles. The standard InChI is InChI=1S/C20H23N3O2S/c24-20(19-10-8-17(25-19)15-22-12-4-11-21-22)23-13-2-1-5-16(23)7-9-18-6-3-14-26-18/h3-4,6,8,10-12,14,16H,1-2,5,7,9,13,15H2. The normalized spacial score (nSPS) is 17.5. The number of aryl methyl sites for hydroxylation is 1. The molecule has 26 heavy (non-hydrogen) atoms. The number of aromatic nitrogens is 2. The van der Waals surface area contributed by atoms with Gasteiger partial charge in [0.05, 0.1) is 6.54 Å². The summed E-state index contributed by atoms with van der Waals surface area (Å²) in [5.41, 5.74) is 0. The van der Waals surface area contributed by atoms with Crippen LogP contribution >= 0.6 is 11.3 Å². The molecule has 0 spiro atoms. The number of nitrogens with zero attached hydrogens (tertiary/aromatic N) is 3. The van der Waals surface area contributed by atoms with Crippen LogP contribution in [-0.2, 0) is 13.0 Å². The van der Waals surface area contributed by atoms with Crippen molar-refractivity contribution in [3.8, 4) is 0 Å². The summed E-state index contributed by atoms with van der Waals surface area (Å²) in [6.07, 6.45) is 9.03. The van der Waals surface area contributed by atoms with Gasteiger partial charge in [-0.2, -0.15) is 5.10 Å². The molecule has 136 valence electrons. The van der Waals surface area contributed by atoms with Gasteiger partial charge < -0.3 is 9.32 Å². The van der Waals surface area contributed by atoms with E-state index in [1.165, 1.54) is 11.3 Å². The molecule has 5 nitrogen and oxygen atoms in total. The van der Waals surface area contributed by atoms with Gasteiger partial charge in [0, 0.05) is 29.9 Å². The molecule has 0 saturated carbocycles. The van der Waals surface area contributed by atoms with Crippen molar-refractivity contribution in [2.75, 3.05) is 6.54 Å². The molecule has 3 aromatic rings. The number of rotatable bonds is 6. The van der Waals surface area contributed by atoms with Gasteiger partial charge in [0.25, 0.3) is 5.91 Å². The summed E-state index contributed by atoms with van der Waals surface area (Å²) in [5.74, 6) is 1.21. The average Bonchev–Trinajstić information content (AvgIpc) is 3.43. The van der Waals surface area contributed by atoms with Gasteiger partial charge in [0.15, 0.2) is 5.76 Å². The molecule has 0 aromatic carbocycles. The number of piperidine rings is 1. The van der Waals surface area contributed by atoms with E-state index in [-0.39, 0.29) is 5.91 Å². The minimum absolute atomic E-state index is 0.0209. The number of hydrogen-bond donors (Lipinski definition) is 0. The van der Waals surface area contributed by atoms with Crippen molar-refractivity contribution in [2.45, 2.75) is 44.7 Å². The first-order chi connectivity index (χ1) is 12.8. The Bertz CT molecular complexity index is 823. The van der Waals surface area contributed by atoms with Gasteiger partial charge in [0.2, 0.25) is 0 Å². The largest absolute Gasteiger partial charge is 0.454 e. The molecule has 0 radical (unpaired) electrons. The molecule has 1 amide bonds. The molecule has 4 heterocycles. The van der Waals surface area contributed by atoms with Crippen LogP contribution in [0.3, 0.4) is 0 Å². The number of carbonyl (C=O) groups is 1. The molecular weight excluding hydrogens is 346 g/mol. The maximum atomic E-state index is 13.0. The average molecular weight is 369 g/mol. The predicted octanol–water partition coefficient (Wildman–Crippen LogP) is 4.21. The highest BCUT2D eigenvalue weighted by atomic mass is 32.1. The molecule has 3 aromatic heterocycles. The second-order valence-corrected chi connectivity index (χ2v) is 7.77. The van der Waals surface area contributed by atoms with E-state index >= 15 is 0 Å². The van der Waals surface area contributed by atoms with E-state index in [4.69, 9.17) is 4.42 Å². The Balaban J connectivity index is 1.42. The number of hydrogen-bond acceptors (Lipinski definition) is 4. The number of furan rings is 1. The Hall–Kier alpha value is -2.34. The lowest BCUT2D eigenvalue weighted by atomic mass is 9.97. The summed E-state index contributed by atoms with van der Waals surface area (Å²) in [5, 5.41) is 6.29. The van der Waals surface area contributed by atoms with Crippen LogP contribution in [0.2, 0.25) is 0 Å². The van der Waals surface area contributed by atoms with Gasteiger partial charge in [-0.25, -0.2) is 0 Å². The molecule has 0 aliphatic carbocycles. The van der Waals surface area contributed by atoms with Crippen LogP contribution in [0.5, 0.6) is 0 Å². The monoisotopic (exact) mass is 369 g/mol. The van der Waals surface area contributed by atoms with Gasteiger partial charge in [-0.3, -0.25) is 9.48 Å². The topological polar surface area (TPSA) is 51.3 Å². The first kappa shape index (κ1) is 17.1. The summed E-state index contributed by atoms with van der Waals surface area (Å²) >= 11 is 1.79. The van der Waals surface area contributed by atoms with Crippen LogP contribution in [0.15, 0.2) is 52.5 Å². The number of likely N-dealkylation sites (tertiary alicyclic amines) is 1. The third kappa shape index (κ3) is 3.90. The molecule has 1 aliphatic rings. The Labute approximate surface area is 157 Å². The van der Waals surface area contributed by atoms with Gasteiger partial charge >= 0.3 is 0 Å². The van der Waals surface area contributed by atoms with Crippen LogP contribution < -0.4 is 0 Å². The number of thiophene rings is 1. The first-order valence-electron chi connectivity index (χ1n) is 9.19. The van der Waals surface area contributed by atoms with Gasteiger partial charge in [-0.15, -0.1) is 11.3 Å². The quantitative estimate of drug-likeness (QED) is 0.654. The molecule has 0 bridgehead atoms. The summed E-state index contributed by atoms with van der Waals surface area (Å²) in [6, 6.07) is 10.1. The van der Waals surface area contributed by atoms with E-state index in [1.54, 1.807) is 28.3 Å². The third-order valence-electron chi connectivity index (χ3n) is 4.94. The SMILES string of the molecule is O=C(c1ccc(Cn2cccn2)o1)N1CCCCC1CCc1cccs1. The molecular formula is C20H23N3O2S. The van der Waals surface area contributed by atoms with Crippen LogP contribution in [-0.4, -0.2) is 33.2 Å². The minimum Gasteiger partial charge on any atom is -0.454 e. The summed E-state index contributed by atoms with van der Waals surface area (Å²) in [6.45, 7) is 1.37. The highest BCUT2D eigenvalue weighted by Crippen LogP contribution is 2.25. The zero-order chi connectivity index (χ0) is 17.8. The van der Waals surface area contributed by atoms with Crippen molar-refractivity contribution in [2.24, 2.45) is 0 Å². The minimum atomic E-state index is 0.0209. The Morgan fingerprint density at radius 1 is 1.27 bits per heavy atom. The predicted molar refractivity (Wildman–Crippen MR) is 101 cm³/mol. The van der Waals surface area contributed by atoms with Crippen molar-refractivity contribution < 1.29 is 9.21 Å². The van der Waals surface area contributed by atoms with Crippen molar-refractivity contribution >= 4 is 17.2 Å². The maximum Gasteiger partial charge on any atom is 0.289 e. The fraction of sp³-hybridized carbons (Fsp3) is 0.400. The zero-order valence-corrected chi connectivity index (χ0v) is 15.5. The van der Waals surface area contributed by atoms with Crippen molar-refractivity contribution in [3.63, 3.8) is 0 Å². The third-order valence-corrected chi connectivity index (χ3v) is 5.88. The molecule has 4 rings (SSSR count). The zero-order valence-electron chi connectivity index (χ0n) is 14.7. The van der Waals surface area contributed by atoms with E-state index < -0.39 is 0 Å². The summed E-state index contributed by atoms with van der Waals surface area (Å²) in [7, 11) is 0. The van der Waals surface area contributed by atoms with E-state index in [1.807, 2.05) is 23.2 Å². The lowest BCUT2D eigenvalue weighted by Gasteiger charge is -2.35. The van der Waals surface area contributed by atoms with Crippen molar-refractivity contribution in [1.82, 2.24) is 14.7 Å². The number of amides is 1. The molecule has 1 atom stereocenters. The van der Waals surface area contributed by atoms with E-state index in [0.29, 0.717) is 18.3 Å². The second kappa shape index (κ2) is 7.91. The van der Waals surface area contributed by atoms with Gasteiger partial charge in [-0.05, 0) is 61.7 Å². The van der Waals surface area contributed by atoms with Crippen LogP contribution in [0.4, 0.5) is 0 Å². The first-order valence-corrected chi connectivity index (χ1v) is 10.1. The second-order valence-electron chi connectivity index (χ2n) is 6.74. The van der Waals surface area contributed by atoms with E-state index in [9.17, 15) is 4.79 Å². The van der Waals surface area contributed by atoms with Gasteiger partial charge in [0.1, 0.15) is 5.76 Å². The summed E-state index contributed by atoms with van der Waals surface area (Å²) < 4.78 is 7.61. The molecule has 1 unspecified atom stereocenters.